The average molecular weight is 499 g/mol. The lowest BCUT2D eigenvalue weighted by Gasteiger charge is -2.40. The van der Waals surface area contributed by atoms with Gasteiger partial charge < -0.3 is 14.6 Å². The summed E-state index contributed by atoms with van der Waals surface area (Å²) in [4.78, 5) is 13.0. The fraction of sp³-hybridized carbons (Fsp3) is 0.880. The predicted octanol–water partition coefficient (Wildman–Crippen LogP) is 5.97. The van der Waals surface area contributed by atoms with Crippen molar-refractivity contribution in [1.29, 1.82) is 0 Å². The minimum atomic E-state index is -2.66. The summed E-state index contributed by atoms with van der Waals surface area (Å²) >= 11 is 0. The first-order valence-electron chi connectivity index (χ1n) is 12.1. The largest absolute Gasteiger partial charge is 0.458 e. The molecule has 10 atom stereocenters. The van der Waals surface area contributed by atoms with E-state index in [1.54, 1.807) is 6.92 Å². The molecule has 1 saturated carbocycles. The van der Waals surface area contributed by atoms with Crippen LogP contribution in [-0.4, -0.2) is 54.3 Å². The molecular formula is C25H39F5O4. The molecule has 0 aromatic heterocycles. The summed E-state index contributed by atoms with van der Waals surface area (Å²) in [5.74, 6) is -4.03. The van der Waals surface area contributed by atoms with Crippen LogP contribution in [0.1, 0.15) is 67.7 Å². The van der Waals surface area contributed by atoms with E-state index in [1.807, 2.05) is 27.7 Å². The molecule has 0 spiro atoms. The van der Waals surface area contributed by atoms with Crippen LogP contribution in [0.5, 0.6) is 0 Å². The molecule has 198 valence electrons. The molecule has 2 aliphatic carbocycles. The van der Waals surface area contributed by atoms with Gasteiger partial charge in [-0.1, -0.05) is 41.5 Å². The molecule has 0 bridgehead atoms. The highest BCUT2D eigenvalue weighted by atomic mass is 19.2. The lowest BCUT2D eigenvalue weighted by atomic mass is 9.73. The number of esters is 1. The van der Waals surface area contributed by atoms with Gasteiger partial charge in [0.25, 0.3) is 0 Å². The highest BCUT2D eigenvalue weighted by Gasteiger charge is 2.51. The zero-order valence-electron chi connectivity index (χ0n) is 21.0. The van der Waals surface area contributed by atoms with E-state index in [0.29, 0.717) is 6.42 Å². The molecule has 0 heterocycles. The van der Waals surface area contributed by atoms with Gasteiger partial charge in [-0.05, 0) is 37.5 Å². The fourth-order valence-corrected chi connectivity index (χ4v) is 5.05. The number of aliphatic hydroxyl groups is 1. The van der Waals surface area contributed by atoms with Crippen molar-refractivity contribution in [3.8, 4) is 0 Å². The number of aliphatic hydroxyl groups excluding tert-OH is 1. The Morgan fingerprint density at radius 1 is 1.09 bits per heavy atom. The first-order chi connectivity index (χ1) is 15.6. The molecule has 0 amide bonds. The van der Waals surface area contributed by atoms with E-state index in [4.69, 9.17) is 9.47 Å². The van der Waals surface area contributed by atoms with Gasteiger partial charge in [-0.2, -0.15) is 0 Å². The van der Waals surface area contributed by atoms with Crippen LogP contribution < -0.4 is 0 Å². The van der Waals surface area contributed by atoms with Crippen LogP contribution in [0.15, 0.2) is 11.4 Å². The Morgan fingerprint density at radius 2 is 1.68 bits per heavy atom. The molecule has 0 saturated heterocycles. The molecule has 2 rings (SSSR count). The summed E-state index contributed by atoms with van der Waals surface area (Å²) in [6.07, 6.45) is -13.6. The van der Waals surface area contributed by atoms with Gasteiger partial charge in [-0.3, -0.25) is 4.79 Å². The number of halogens is 5. The Bertz CT molecular complexity index is 733. The number of hydrogen-bond acceptors (Lipinski definition) is 4. The number of rotatable bonds is 8. The minimum Gasteiger partial charge on any atom is -0.458 e. The lowest BCUT2D eigenvalue weighted by molar-refractivity contribution is -0.182. The summed E-state index contributed by atoms with van der Waals surface area (Å²) < 4.78 is 83.7. The molecule has 0 aromatic carbocycles. The van der Waals surface area contributed by atoms with Crippen molar-refractivity contribution in [1.82, 2.24) is 0 Å². The Morgan fingerprint density at radius 3 is 2.18 bits per heavy atom. The van der Waals surface area contributed by atoms with Gasteiger partial charge in [0.2, 0.25) is 0 Å². The van der Waals surface area contributed by atoms with E-state index in [-0.39, 0.29) is 18.3 Å². The second-order valence-corrected chi connectivity index (χ2v) is 11.0. The molecule has 4 nitrogen and oxygen atoms in total. The van der Waals surface area contributed by atoms with E-state index in [0.717, 1.165) is 0 Å². The highest BCUT2D eigenvalue weighted by molar-refractivity contribution is 5.77. The second kappa shape index (κ2) is 11.2. The van der Waals surface area contributed by atoms with Gasteiger partial charge in [0, 0.05) is 12.3 Å². The Hall–Kier alpha value is -1.22. The third-order valence-corrected chi connectivity index (χ3v) is 7.45. The molecule has 1 N–H and O–H groups in total. The first-order valence-corrected chi connectivity index (χ1v) is 12.1. The van der Waals surface area contributed by atoms with Crippen molar-refractivity contribution in [3.63, 3.8) is 0 Å². The topological polar surface area (TPSA) is 55.8 Å². The molecule has 0 aromatic rings. The maximum absolute atomic E-state index is 15.2. The van der Waals surface area contributed by atoms with Crippen LogP contribution in [0.4, 0.5) is 22.0 Å². The Kier molecular flexibility index (Phi) is 9.58. The summed E-state index contributed by atoms with van der Waals surface area (Å²) in [6.45, 7) is 11.9. The predicted molar refractivity (Wildman–Crippen MR) is 118 cm³/mol. The van der Waals surface area contributed by atoms with E-state index >= 15 is 13.2 Å². The average Bonchev–Trinajstić information content (AvgIpc) is 2.71. The number of carbonyl (C=O) groups is 1. The van der Waals surface area contributed by atoms with Crippen LogP contribution in [0.25, 0.3) is 0 Å². The summed E-state index contributed by atoms with van der Waals surface area (Å²) in [5, 5.41) is 10.4. The van der Waals surface area contributed by atoms with Crippen molar-refractivity contribution in [2.45, 2.75) is 111 Å². The molecule has 34 heavy (non-hydrogen) atoms. The molecular weight excluding hydrogens is 459 g/mol. The maximum atomic E-state index is 15.2. The van der Waals surface area contributed by atoms with Crippen LogP contribution >= 0.6 is 0 Å². The van der Waals surface area contributed by atoms with Crippen LogP contribution in [0, 0.1) is 29.1 Å². The molecule has 1 fully saturated rings. The maximum Gasteiger partial charge on any atom is 0.312 e. The number of alkyl halides is 4. The Labute approximate surface area is 199 Å². The van der Waals surface area contributed by atoms with Crippen LogP contribution in [0.2, 0.25) is 0 Å². The molecule has 0 aliphatic heterocycles. The van der Waals surface area contributed by atoms with Gasteiger partial charge in [0.05, 0.1) is 17.1 Å². The molecule has 9 heteroatoms. The molecule has 10 unspecified atom stereocenters. The standard InChI is InChI=1S/C25H39F5O4/c1-11(2)10-25(7,12(3)4)24(32)34-22-14(6)18(28)17(19(29)20(22)30)23(31)33-21-13(5)8-15(26)9-16(21)27/h11-16,19-23,31H,8-10H2,1-7H3. The van der Waals surface area contributed by atoms with Gasteiger partial charge >= 0.3 is 5.97 Å². The Balaban J connectivity index is 2.24. The van der Waals surface area contributed by atoms with E-state index < -0.39 is 84.2 Å². The highest BCUT2D eigenvalue weighted by Crippen LogP contribution is 2.42. The number of carbonyl (C=O) groups excluding carboxylic acids is 1. The second-order valence-electron chi connectivity index (χ2n) is 11.0. The summed E-state index contributed by atoms with van der Waals surface area (Å²) in [6, 6.07) is 0. The van der Waals surface area contributed by atoms with Crippen LogP contribution in [-0.2, 0) is 14.3 Å². The van der Waals surface area contributed by atoms with Gasteiger partial charge in [-0.25, -0.2) is 22.0 Å². The zero-order valence-corrected chi connectivity index (χ0v) is 21.0. The lowest BCUT2D eigenvalue weighted by Crippen LogP contribution is -2.50. The fourth-order valence-electron chi connectivity index (χ4n) is 5.05. The van der Waals surface area contributed by atoms with Crippen molar-refractivity contribution < 1.29 is 41.3 Å². The smallest absolute Gasteiger partial charge is 0.312 e. The normalized spacial score (nSPS) is 37.6. The number of hydrogen-bond donors (Lipinski definition) is 1. The van der Waals surface area contributed by atoms with Crippen molar-refractivity contribution in [2.75, 3.05) is 0 Å². The van der Waals surface area contributed by atoms with Crippen LogP contribution in [0.3, 0.4) is 0 Å². The minimum absolute atomic E-state index is 0.0243. The zero-order chi connectivity index (χ0) is 26.1. The molecule has 0 radical (unpaired) electrons. The third-order valence-electron chi connectivity index (χ3n) is 7.45. The first kappa shape index (κ1) is 29.0. The van der Waals surface area contributed by atoms with E-state index in [9.17, 15) is 18.7 Å². The number of ether oxygens (including phenoxy) is 2. The monoisotopic (exact) mass is 498 g/mol. The van der Waals surface area contributed by atoms with Gasteiger partial charge in [0.15, 0.2) is 18.6 Å². The van der Waals surface area contributed by atoms with Gasteiger partial charge in [-0.15, -0.1) is 0 Å². The van der Waals surface area contributed by atoms with Crippen molar-refractivity contribution >= 4 is 5.97 Å². The van der Waals surface area contributed by atoms with Crippen molar-refractivity contribution in [3.05, 3.63) is 11.4 Å². The van der Waals surface area contributed by atoms with Crippen molar-refractivity contribution in [2.24, 2.45) is 29.1 Å². The SMILES string of the molecule is CC(C)CC(C)(C(=O)OC1C(C)C(F)=C(C(O)OC2C(C)CC(F)CC2F)C(F)C1F)C(C)C. The summed E-state index contributed by atoms with van der Waals surface area (Å²) in [7, 11) is 0. The van der Waals surface area contributed by atoms with E-state index in [1.165, 1.54) is 13.8 Å². The quantitative estimate of drug-likeness (QED) is 0.255. The molecule has 2 aliphatic rings. The summed E-state index contributed by atoms with van der Waals surface area (Å²) in [5.41, 5.74) is -1.97. The van der Waals surface area contributed by atoms with E-state index in [2.05, 4.69) is 0 Å². The van der Waals surface area contributed by atoms with Gasteiger partial charge in [0.1, 0.15) is 24.3 Å². The third kappa shape index (κ3) is 5.94.